The second kappa shape index (κ2) is 8.95. The van der Waals surface area contributed by atoms with E-state index >= 15 is 0 Å². The van der Waals surface area contributed by atoms with Crippen LogP contribution in [0.4, 0.5) is 4.39 Å². The van der Waals surface area contributed by atoms with E-state index in [1.165, 1.54) is 22.9 Å². The fourth-order valence-electron chi connectivity index (χ4n) is 1.66. The van der Waals surface area contributed by atoms with E-state index in [1.807, 2.05) is 24.3 Å². The second-order valence-corrected chi connectivity index (χ2v) is 7.33. The van der Waals surface area contributed by atoms with E-state index in [1.54, 1.807) is 12.1 Å². The molecule has 0 heterocycles. The lowest BCUT2D eigenvalue weighted by Crippen LogP contribution is -2.27. The maximum atomic E-state index is 12.8. The molecular weight excluding hydrogens is 403 g/mol. The fourth-order valence-corrected chi connectivity index (χ4v) is 3.66. The molecule has 0 spiro atoms. The smallest absolute Gasteiger partial charge is 0.279 e. The quantitative estimate of drug-likeness (QED) is 0.241. The minimum Gasteiger partial charge on any atom is -0.410 e. The first-order valence-corrected chi connectivity index (χ1v) is 9.37. The zero-order valence-corrected chi connectivity index (χ0v) is 14.9. The Hall–Kier alpha value is -1.51. The third-order valence-corrected chi connectivity index (χ3v) is 5.12. The number of hydrogen-bond acceptors (Lipinski definition) is 5. The standard InChI is InChI=1S/C15H12BrFN2O2S2/c16-11-3-1-2-10(8-11)9-14(18-21)15(20)19-23-22-13-6-4-12(17)5-7-13/h1-8,21H,9H2,(H,19,20)/b18-14-. The molecule has 8 heteroatoms. The Kier molecular flexibility index (Phi) is 6.94. The molecule has 0 saturated heterocycles. The van der Waals surface area contributed by atoms with E-state index < -0.39 is 5.91 Å². The molecule has 2 aromatic rings. The average molecular weight is 415 g/mol. The third kappa shape index (κ3) is 5.89. The van der Waals surface area contributed by atoms with Gasteiger partial charge in [-0.25, -0.2) is 4.39 Å². The number of amides is 1. The van der Waals surface area contributed by atoms with Crippen LogP contribution in [0.3, 0.4) is 0 Å². The topological polar surface area (TPSA) is 61.7 Å². The number of rotatable bonds is 6. The molecule has 0 bridgehead atoms. The summed E-state index contributed by atoms with van der Waals surface area (Å²) in [5, 5.41) is 12.1. The van der Waals surface area contributed by atoms with Crippen molar-refractivity contribution in [2.45, 2.75) is 11.3 Å². The van der Waals surface area contributed by atoms with Crippen LogP contribution in [0.5, 0.6) is 0 Å². The van der Waals surface area contributed by atoms with Gasteiger partial charge in [0.15, 0.2) is 0 Å². The Morgan fingerprint density at radius 2 is 2.00 bits per heavy atom. The molecule has 0 atom stereocenters. The molecule has 0 unspecified atom stereocenters. The van der Waals surface area contributed by atoms with E-state index in [0.29, 0.717) is 0 Å². The van der Waals surface area contributed by atoms with Crippen LogP contribution in [0.25, 0.3) is 0 Å². The SMILES string of the molecule is O=C(NSSc1ccc(F)cc1)/C(Cc1cccc(Br)c1)=N\O. The van der Waals surface area contributed by atoms with Crippen LogP contribution < -0.4 is 4.72 Å². The highest BCUT2D eigenvalue weighted by Crippen LogP contribution is 2.28. The van der Waals surface area contributed by atoms with Crippen LogP contribution in [0.15, 0.2) is 63.1 Å². The predicted octanol–water partition coefficient (Wildman–Crippen LogP) is 4.43. The lowest BCUT2D eigenvalue weighted by molar-refractivity contribution is -0.113. The molecule has 0 aliphatic carbocycles. The summed E-state index contributed by atoms with van der Waals surface area (Å²) >= 11 is 3.35. The monoisotopic (exact) mass is 414 g/mol. The second-order valence-electron chi connectivity index (χ2n) is 4.41. The van der Waals surface area contributed by atoms with E-state index in [-0.39, 0.29) is 17.9 Å². The van der Waals surface area contributed by atoms with Crippen LogP contribution >= 0.6 is 37.7 Å². The van der Waals surface area contributed by atoms with Crippen LogP contribution in [-0.4, -0.2) is 16.8 Å². The number of hydrogen-bond donors (Lipinski definition) is 2. The van der Waals surface area contributed by atoms with Crippen molar-refractivity contribution in [1.82, 2.24) is 4.72 Å². The largest absolute Gasteiger partial charge is 0.410 e. The van der Waals surface area contributed by atoms with Crippen LogP contribution in [0.2, 0.25) is 0 Å². The Morgan fingerprint density at radius 3 is 2.65 bits per heavy atom. The molecule has 0 saturated carbocycles. The van der Waals surface area contributed by atoms with E-state index in [4.69, 9.17) is 5.21 Å². The van der Waals surface area contributed by atoms with Crippen LogP contribution in [0.1, 0.15) is 5.56 Å². The summed E-state index contributed by atoms with van der Waals surface area (Å²) < 4.78 is 16.3. The zero-order chi connectivity index (χ0) is 16.7. The minimum atomic E-state index is -0.480. The number of carbonyl (C=O) groups excluding carboxylic acids is 1. The molecule has 23 heavy (non-hydrogen) atoms. The van der Waals surface area contributed by atoms with Crippen molar-refractivity contribution in [2.24, 2.45) is 5.16 Å². The molecule has 1 amide bonds. The molecule has 0 aliphatic heterocycles. The van der Waals surface area contributed by atoms with Gasteiger partial charge in [-0.05, 0) is 52.8 Å². The zero-order valence-electron chi connectivity index (χ0n) is 11.7. The summed E-state index contributed by atoms with van der Waals surface area (Å²) in [6, 6.07) is 13.3. The third-order valence-electron chi connectivity index (χ3n) is 2.73. The summed E-state index contributed by atoms with van der Waals surface area (Å²) in [5.41, 5.74) is 0.855. The number of nitrogens with zero attached hydrogens (tertiary/aromatic N) is 1. The molecular formula is C15H12BrFN2O2S2. The highest BCUT2D eigenvalue weighted by atomic mass is 79.9. The molecule has 120 valence electrons. The Bertz CT molecular complexity index is 711. The van der Waals surface area contributed by atoms with Crippen molar-refractivity contribution in [3.05, 3.63) is 64.4 Å². The van der Waals surface area contributed by atoms with Gasteiger partial charge in [-0.15, -0.1) is 0 Å². The van der Waals surface area contributed by atoms with Gasteiger partial charge >= 0.3 is 0 Å². The number of carbonyl (C=O) groups is 1. The summed E-state index contributed by atoms with van der Waals surface area (Å²) in [4.78, 5) is 12.8. The van der Waals surface area contributed by atoms with Crippen molar-refractivity contribution in [3.8, 4) is 0 Å². The van der Waals surface area contributed by atoms with Gasteiger partial charge in [-0.1, -0.05) is 33.2 Å². The lowest BCUT2D eigenvalue weighted by Gasteiger charge is -2.06. The summed E-state index contributed by atoms with van der Waals surface area (Å²) in [6.07, 6.45) is 0.212. The van der Waals surface area contributed by atoms with Crippen molar-refractivity contribution >= 4 is 49.3 Å². The summed E-state index contributed by atoms with van der Waals surface area (Å²) in [5.74, 6) is -0.792. The predicted molar refractivity (Wildman–Crippen MR) is 95.1 cm³/mol. The van der Waals surface area contributed by atoms with Crippen LogP contribution in [-0.2, 0) is 11.2 Å². The van der Waals surface area contributed by atoms with Gasteiger partial charge in [-0.2, -0.15) is 0 Å². The number of halogens is 2. The van der Waals surface area contributed by atoms with Gasteiger partial charge in [0, 0.05) is 26.8 Å². The van der Waals surface area contributed by atoms with E-state index in [9.17, 15) is 9.18 Å². The molecule has 4 nitrogen and oxygen atoms in total. The fraction of sp³-hybridized carbons (Fsp3) is 0.0667. The Labute approximate surface area is 149 Å². The van der Waals surface area contributed by atoms with Crippen molar-refractivity contribution in [1.29, 1.82) is 0 Å². The molecule has 2 rings (SSSR count). The van der Waals surface area contributed by atoms with E-state index in [0.717, 1.165) is 25.9 Å². The maximum absolute atomic E-state index is 12.8. The van der Waals surface area contributed by atoms with E-state index in [2.05, 4.69) is 25.8 Å². The Balaban J connectivity index is 1.86. The number of oxime groups is 1. The molecule has 2 aromatic carbocycles. The highest BCUT2D eigenvalue weighted by molar-refractivity contribution is 9.10. The van der Waals surface area contributed by atoms with Gasteiger partial charge in [0.05, 0.1) is 0 Å². The van der Waals surface area contributed by atoms with Gasteiger partial charge in [0.1, 0.15) is 11.5 Å². The van der Waals surface area contributed by atoms with Gasteiger partial charge in [-0.3, -0.25) is 9.52 Å². The van der Waals surface area contributed by atoms with Crippen molar-refractivity contribution in [3.63, 3.8) is 0 Å². The molecule has 0 radical (unpaired) electrons. The summed E-state index contributed by atoms with van der Waals surface area (Å²) in [6.45, 7) is 0. The molecule has 0 fully saturated rings. The summed E-state index contributed by atoms with van der Waals surface area (Å²) in [7, 11) is 2.34. The van der Waals surface area contributed by atoms with Gasteiger partial charge in [0.25, 0.3) is 5.91 Å². The number of benzene rings is 2. The maximum Gasteiger partial charge on any atom is 0.279 e. The Morgan fingerprint density at radius 1 is 1.26 bits per heavy atom. The average Bonchev–Trinajstić information content (AvgIpc) is 2.54. The first-order valence-electron chi connectivity index (χ1n) is 6.43. The molecule has 0 aliphatic rings. The first-order chi connectivity index (χ1) is 11.1. The van der Waals surface area contributed by atoms with Crippen molar-refractivity contribution in [2.75, 3.05) is 0 Å². The lowest BCUT2D eigenvalue weighted by atomic mass is 10.1. The van der Waals surface area contributed by atoms with Crippen LogP contribution in [0, 0.1) is 5.82 Å². The molecule has 2 N–H and O–H groups in total. The first kappa shape index (κ1) is 17.8. The van der Waals surface area contributed by atoms with Gasteiger partial charge < -0.3 is 5.21 Å². The van der Waals surface area contributed by atoms with Gasteiger partial charge in [0.2, 0.25) is 0 Å². The minimum absolute atomic E-state index is 0.00954. The molecule has 0 aromatic heterocycles. The normalized spacial score (nSPS) is 11.3. The number of nitrogens with one attached hydrogen (secondary N) is 1. The highest BCUT2D eigenvalue weighted by Gasteiger charge is 2.13. The van der Waals surface area contributed by atoms with Crippen molar-refractivity contribution < 1.29 is 14.4 Å².